The van der Waals surface area contributed by atoms with Crippen LogP contribution in [0.4, 0.5) is 0 Å². The summed E-state index contributed by atoms with van der Waals surface area (Å²) in [7, 11) is 1.92. The number of rotatable bonds is 7. The average molecular weight is 553 g/mol. The van der Waals surface area contributed by atoms with E-state index in [1.165, 1.54) is 0 Å². The summed E-state index contributed by atoms with van der Waals surface area (Å²) in [6.07, 6.45) is 5.52. The third kappa shape index (κ3) is 5.29. The Hall–Kier alpha value is -2.97. The minimum Gasteiger partial charge on any atom is -0.326 e. The lowest BCUT2D eigenvalue weighted by atomic mass is 9.76. The molecule has 5 rings (SSSR count). The van der Waals surface area contributed by atoms with Crippen molar-refractivity contribution < 1.29 is 14.4 Å². The minimum absolute atomic E-state index is 0.0932. The maximum absolute atomic E-state index is 14.2. The molecule has 2 amide bonds. The van der Waals surface area contributed by atoms with Gasteiger partial charge in [-0.1, -0.05) is 66.4 Å². The second kappa shape index (κ2) is 11.8. The number of likely N-dealkylation sites (N-methyl/N-ethyl adjacent to an activating group) is 1. The molecule has 1 saturated carbocycles. The third-order valence-corrected chi connectivity index (χ3v) is 8.08. The molecule has 38 heavy (non-hydrogen) atoms. The first-order chi connectivity index (χ1) is 18.5. The van der Waals surface area contributed by atoms with Crippen molar-refractivity contribution in [2.45, 2.75) is 56.3 Å². The molecule has 1 aromatic heterocycles. The van der Waals surface area contributed by atoms with Gasteiger partial charge in [0.05, 0.1) is 17.7 Å². The Labute approximate surface area is 232 Å². The van der Waals surface area contributed by atoms with Crippen molar-refractivity contribution in [2.75, 3.05) is 7.05 Å². The molecule has 2 aromatic carbocycles. The minimum atomic E-state index is -0.759. The molecule has 2 aliphatic rings. The Morgan fingerprint density at radius 2 is 1.84 bits per heavy atom. The summed E-state index contributed by atoms with van der Waals surface area (Å²) in [5.74, 6) is -1.23. The summed E-state index contributed by atoms with van der Waals surface area (Å²) < 4.78 is 0. The molecule has 1 aliphatic carbocycles. The van der Waals surface area contributed by atoms with Crippen molar-refractivity contribution in [1.82, 2.24) is 20.7 Å². The summed E-state index contributed by atoms with van der Waals surface area (Å²) >= 11 is 13.0. The number of fused-ring (bicyclic) bond motifs is 1. The topological polar surface area (TPSA) is 83.6 Å². The number of benzene rings is 2. The van der Waals surface area contributed by atoms with E-state index in [0.29, 0.717) is 32.4 Å². The predicted molar refractivity (Wildman–Crippen MR) is 147 cm³/mol. The van der Waals surface area contributed by atoms with Crippen LogP contribution in [0.3, 0.4) is 0 Å². The Balaban J connectivity index is 1.58. The summed E-state index contributed by atoms with van der Waals surface area (Å²) in [4.78, 5) is 39.8. The zero-order chi connectivity index (χ0) is 26.6. The van der Waals surface area contributed by atoms with Gasteiger partial charge in [0.2, 0.25) is 0 Å². The van der Waals surface area contributed by atoms with E-state index in [1.54, 1.807) is 24.4 Å². The molecule has 7 nitrogen and oxygen atoms in total. The Morgan fingerprint density at radius 3 is 2.61 bits per heavy atom. The molecular formula is C29H30Cl2N4O3. The first-order valence-corrected chi connectivity index (χ1v) is 13.6. The van der Waals surface area contributed by atoms with Crippen molar-refractivity contribution >= 4 is 35.0 Å². The van der Waals surface area contributed by atoms with Crippen molar-refractivity contribution in [3.8, 4) is 0 Å². The number of nitrogens with one attached hydrogen (secondary N) is 2. The Morgan fingerprint density at radius 1 is 1.05 bits per heavy atom. The molecule has 9 heteroatoms. The lowest BCUT2D eigenvalue weighted by molar-refractivity contribution is -0.138. The van der Waals surface area contributed by atoms with Crippen LogP contribution in [0.1, 0.15) is 64.8 Å². The normalized spacial score (nSPS) is 23.1. The SMILES string of the molecule is CN[C@H]1CCCC[C@@H]1N1C(=O)c2ccccc2[C@@H](C(=O)NOCc2ccccn2)[C@@H]1c1ccc(Cl)cc1Cl. The van der Waals surface area contributed by atoms with Crippen LogP contribution in [0.5, 0.6) is 0 Å². The van der Waals surface area contributed by atoms with E-state index < -0.39 is 12.0 Å². The highest BCUT2D eigenvalue weighted by Gasteiger charge is 2.49. The highest BCUT2D eigenvalue weighted by Crippen LogP contribution is 2.47. The third-order valence-electron chi connectivity index (χ3n) is 7.52. The van der Waals surface area contributed by atoms with Gasteiger partial charge in [-0.05, 0) is 61.3 Å². The monoisotopic (exact) mass is 552 g/mol. The number of amides is 2. The molecule has 3 aromatic rings. The van der Waals surface area contributed by atoms with E-state index in [2.05, 4.69) is 15.8 Å². The summed E-state index contributed by atoms with van der Waals surface area (Å²) in [6, 6.07) is 17.3. The van der Waals surface area contributed by atoms with E-state index in [4.69, 9.17) is 28.0 Å². The largest absolute Gasteiger partial charge is 0.326 e. The molecule has 0 saturated heterocycles. The van der Waals surface area contributed by atoms with Gasteiger partial charge in [-0.3, -0.25) is 19.4 Å². The molecule has 0 radical (unpaired) electrons. The van der Waals surface area contributed by atoms with Crippen LogP contribution in [-0.4, -0.2) is 40.8 Å². The summed E-state index contributed by atoms with van der Waals surface area (Å²) in [5, 5.41) is 4.30. The highest BCUT2D eigenvalue weighted by molar-refractivity contribution is 6.35. The second-order valence-corrected chi connectivity index (χ2v) is 10.6. The van der Waals surface area contributed by atoms with E-state index in [9.17, 15) is 9.59 Å². The Kier molecular flexibility index (Phi) is 8.29. The number of hydrogen-bond acceptors (Lipinski definition) is 5. The zero-order valence-corrected chi connectivity index (χ0v) is 22.6. The number of carbonyl (C=O) groups excluding carboxylic acids is 2. The van der Waals surface area contributed by atoms with Gasteiger partial charge in [-0.25, -0.2) is 5.48 Å². The predicted octanol–water partition coefficient (Wildman–Crippen LogP) is 5.45. The number of hydrogen-bond donors (Lipinski definition) is 2. The maximum atomic E-state index is 14.2. The molecule has 2 N–H and O–H groups in total. The molecule has 1 fully saturated rings. The lowest BCUT2D eigenvalue weighted by Gasteiger charge is -2.49. The van der Waals surface area contributed by atoms with Gasteiger partial charge in [0.25, 0.3) is 11.8 Å². The number of carbonyl (C=O) groups is 2. The Bertz CT molecular complexity index is 1310. The highest BCUT2D eigenvalue weighted by atomic mass is 35.5. The number of pyridine rings is 1. The molecule has 198 valence electrons. The smallest absolute Gasteiger partial charge is 0.255 e. The van der Waals surface area contributed by atoms with Gasteiger partial charge in [0.1, 0.15) is 6.61 Å². The fourth-order valence-corrected chi connectivity index (χ4v) is 6.30. The first kappa shape index (κ1) is 26.6. The van der Waals surface area contributed by atoms with Crippen LogP contribution in [-0.2, 0) is 16.2 Å². The average Bonchev–Trinajstić information content (AvgIpc) is 2.93. The molecule has 4 atom stereocenters. The van der Waals surface area contributed by atoms with Gasteiger partial charge in [0, 0.05) is 33.9 Å². The van der Waals surface area contributed by atoms with Crippen LogP contribution in [0.25, 0.3) is 0 Å². The fourth-order valence-electron chi connectivity index (χ4n) is 5.78. The van der Waals surface area contributed by atoms with E-state index in [1.807, 2.05) is 54.4 Å². The number of aromatic nitrogens is 1. The molecular weight excluding hydrogens is 523 g/mol. The van der Waals surface area contributed by atoms with Crippen LogP contribution < -0.4 is 10.8 Å². The van der Waals surface area contributed by atoms with E-state index in [0.717, 1.165) is 25.7 Å². The van der Waals surface area contributed by atoms with E-state index >= 15 is 0 Å². The number of halogens is 2. The number of nitrogens with zero attached hydrogens (tertiary/aromatic N) is 2. The van der Waals surface area contributed by atoms with Crippen molar-refractivity contribution in [3.05, 3.63) is 99.3 Å². The van der Waals surface area contributed by atoms with Crippen LogP contribution in [0, 0.1) is 0 Å². The van der Waals surface area contributed by atoms with Crippen molar-refractivity contribution in [3.63, 3.8) is 0 Å². The molecule has 2 heterocycles. The van der Waals surface area contributed by atoms with Gasteiger partial charge in [0.15, 0.2) is 0 Å². The van der Waals surface area contributed by atoms with Crippen molar-refractivity contribution in [2.24, 2.45) is 0 Å². The lowest BCUT2D eigenvalue weighted by Crippen LogP contribution is -2.58. The quantitative estimate of drug-likeness (QED) is 0.381. The standard InChI is InChI=1S/C29H30Cl2N4O3/c1-32-24-11-4-5-12-25(24)35-27(22-14-13-18(30)16-23(22)31)26(20-9-2-3-10-21(20)29(35)37)28(36)34-38-17-19-8-6-7-15-33-19/h2-3,6-10,13-16,24-27,32H,4-5,11-12,17H2,1H3,(H,34,36)/t24-,25-,26+,27-/m0/s1. The summed E-state index contributed by atoms with van der Waals surface area (Å²) in [6.45, 7) is 0.112. The second-order valence-electron chi connectivity index (χ2n) is 9.71. The van der Waals surface area contributed by atoms with Crippen LogP contribution in [0.2, 0.25) is 10.0 Å². The first-order valence-electron chi connectivity index (χ1n) is 12.8. The van der Waals surface area contributed by atoms with Gasteiger partial charge < -0.3 is 10.2 Å². The van der Waals surface area contributed by atoms with Crippen LogP contribution in [0.15, 0.2) is 66.9 Å². The van der Waals surface area contributed by atoms with Crippen molar-refractivity contribution in [1.29, 1.82) is 0 Å². The molecule has 0 bridgehead atoms. The fraction of sp³-hybridized carbons (Fsp3) is 0.345. The maximum Gasteiger partial charge on any atom is 0.255 e. The molecule has 0 spiro atoms. The van der Waals surface area contributed by atoms with Gasteiger partial charge in [-0.2, -0.15) is 0 Å². The number of hydroxylamine groups is 1. The summed E-state index contributed by atoms with van der Waals surface area (Å²) in [5.41, 5.74) is 5.14. The van der Waals surface area contributed by atoms with Gasteiger partial charge in [-0.15, -0.1) is 0 Å². The van der Waals surface area contributed by atoms with Gasteiger partial charge >= 0.3 is 0 Å². The molecule has 1 aliphatic heterocycles. The van der Waals surface area contributed by atoms with E-state index in [-0.39, 0.29) is 30.5 Å². The zero-order valence-electron chi connectivity index (χ0n) is 21.1. The molecule has 0 unspecified atom stereocenters. The van der Waals surface area contributed by atoms with Crippen LogP contribution >= 0.6 is 23.2 Å².